The molecule has 1 heterocycles. The lowest BCUT2D eigenvalue weighted by Crippen LogP contribution is -2.40. The molecule has 0 aliphatic heterocycles. The number of halogens is 2. The van der Waals surface area contributed by atoms with Crippen molar-refractivity contribution < 1.29 is 8.78 Å². The average Bonchev–Trinajstić information content (AvgIpc) is 2.88. The summed E-state index contributed by atoms with van der Waals surface area (Å²) in [5.74, 6) is -2.00. The number of hydrogen-bond acceptors (Lipinski definition) is 2. The molecule has 0 amide bonds. The van der Waals surface area contributed by atoms with E-state index in [4.69, 9.17) is 0 Å². The van der Waals surface area contributed by atoms with Crippen LogP contribution in [0.1, 0.15) is 43.9 Å². The van der Waals surface area contributed by atoms with E-state index < -0.39 is 5.92 Å². The number of hydrogen-bond donors (Lipinski definition) is 1. The van der Waals surface area contributed by atoms with Crippen molar-refractivity contribution in [1.82, 2.24) is 5.32 Å². The third-order valence-corrected chi connectivity index (χ3v) is 5.02. The van der Waals surface area contributed by atoms with Crippen molar-refractivity contribution in [1.29, 1.82) is 0 Å². The van der Waals surface area contributed by atoms with Crippen LogP contribution in [0.25, 0.3) is 0 Å². The molecule has 1 aliphatic carbocycles. The molecule has 1 aromatic rings. The van der Waals surface area contributed by atoms with Crippen molar-refractivity contribution in [2.24, 2.45) is 5.92 Å². The van der Waals surface area contributed by atoms with Gasteiger partial charge in [-0.3, -0.25) is 0 Å². The zero-order valence-corrected chi connectivity index (χ0v) is 12.3. The summed E-state index contributed by atoms with van der Waals surface area (Å²) < 4.78 is 26.4. The Bertz CT molecular complexity index is 354. The van der Waals surface area contributed by atoms with Gasteiger partial charge in [-0.1, -0.05) is 13.0 Å². The summed E-state index contributed by atoms with van der Waals surface area (Å²) in [6.45, 7) is 3.01. The fraction of sp³-hybridized carbons (Fsp3) is 0.733. The van der Waals surface area contributed by atoms with E-state index in [-0.39, 0.29) is 12.8 Å². The van der Waals surface area contributed by atoms with Crippen LogP contribution < -0.4 is 5.32 Å². The predicted octanol–water partition coefficient (Wildman–Crippen LogP) is 4.48. The summed E-state index contributed by atoms with van der Waals surface area (Å²) in [6, 6.07) is 4.62. The SMILES string of the molecule is CCNC(CCc1cccs1)C1CCC(F)(F)CC1. The second kappa shape index (κ2) is 6.80. The van der Waals surface area contributed by atoms with Gasteiger partial charge in [-0.15, -0.1) is 11.3 Å². The molecule has 1 saturated carbocycles. The second-order valence-corrected chi connectivity index (χ2v) is 6.51. The Kier molecular flexibility index (Phi) is 5.34. The molecule has 0 bridgehead atoms. The van der Waals surface area contributed by atoms with Gasteiger partial charge in [-0.25, -0.2) is 8.78 Å². The molecule has 4 heteroatoms. The van der Waals surface area contributed by atoms with Gasteiger partial charge >= 0.3 is 0 Å². The first-order chi connectivity index (χ1) is 9.11. The van der Waals surface area contributed by atoms with Crippen molar-refractivity contribution in [2.45, 2.75) is 57.4 Å². The monoisotopic (exact) mass is 287 g/mol. The summed E-state index contributed by atoms with van der Waals surface area (Å²) in [5, 5.41) is 5.60. The van der Waals surface area contributed by atoms with Crippen molar-refractivity contribution in [3.05, 3.63) is 22.4 Å². The summed E-state index contributed by atoms with van der Waals surface area (Å²) in [4.78, 5) is 1.39. The van der Waals surface area contributed by atoms with Crippen molar-refractivity contribution in [3.63, 3.8) is 0 Å². The Morgan fingerprint density at radius 2 is 2.16 bits per heavy atom. The van der Waals surface area contributed by atoms with Crippen LogP contribution >= 0.6 is 11.3 Å². The van der Waals surface area contributed by atoms with E-state index in [9.17, 15) is 8.78 Å². The maximum Gasteiger partial charge on any atom is 0.248 e. The predicted molar refractivity (Wildman–Crippen MR) is 77.0 cm³/mol. The van der Waals surface area contributed by atoms with Crippen LogP contribution in [0.4, 0.5) is 8.78 Å². The highest BCUT2D eigenvalue weighted by atomic mass is 32.1. The van der Waals surface area contributed by atoms with Crippen LogP contribution in [0.2, 0.25) is 0 Å². The molecule has 2 rings (SSSR count). The van der Waals surface area contributed by atoms with Crippen LogP contribution in [0.5, 0.6) is 0 Å². The van der Waals surface area contributed by atoms with E-state index in [1.165, 1.54) is 4.88 Å². The van der Waals surface area contributed by atoms with Crippen molar-refractivity contribution in [3.8, 4) is 0 Å². The molecule has 19 heavy (non-hydrogen) atoms. The van der Waals surface area contributed by atoms with Crippen LogP contribution in [0, 0.1) is 5.92 Å². The molecular weight excluding hydrogens is 264 g/mol. The molecule has 0 radical (unpaired) electrons. The zero-order valence-electron chi connectivity index (χ0n) is 11.5. The largest absolute Gasteiger partial charge is 0.314 e. The Morgan fingerprint density at radius 1 is 1.42 bits per heavy atom. The summed E-state index contributed by atoms with van der Waals surface area (Å²) in [6.07, 6.45) is 3.58. The van der Waals surface area contributed by atoms with Crippen molar-refractivity contribution >= 4 is 11.3 Å². The Balaban J connectivity index is 1.85. The van der Waals surface area contributed by atoms with Gasteiger partial charge in [0.15, 0.2) is 0 Å². The maximum atomic E-state index is 13.2. The van der Waals surface area contributed by atoms with Crippen molar-refractivity contribution in [2.75, 3.05) is 6.54 Å². The van der Waals surface area contributed by atoms with Gasteiger partial charge in [0.2, 0.25) is 5.92 Å². The summed E-state index contributed by atoms with van der Waals surface area (Å²) >= 11 is 1.78. The molecule has 1 aliphatic rings. The number of nitrogens with one attached hydrogen (secondary N) is 1. The lowest BCUT2D eigenvalue weighted by atomic mass is 9.80. The minimum atomic E-state index is -2.42. The van der Waals surface area contributed by atoms with Gasteiger partial charge in [0.1, 0.15) is 0 Å². The van der Waals surface area contributed by atoms with Crippen LogP contribution in [0.3, 0.4) is 0 Å². The number of aryl methyl sites for hydroxylation is 1. The fourth-order valence-corrected chi connectivity index (χ4v) is 3.71. The lowest BCUT2D eigenvalue weighted by molar-refractivity contribution is -0.0497. The first kappa shape index (κ1) is 14.9. The number of thiophene rings is 1. The van der Waals surface area contributed by atoms with Crippen LogP contribution in [-0.4, -0.2) is 18.5 Å². The third-order valence-electron chi connectivity index (χ3n) is 4.08. The minimum absolute atomic E-state index is 0.0680. The summed E-state index contributed by atoms with van der Waals surface area (Å²) in [5.41, 5.74) is 0. The summed E-state index contributed by atoms with van der Waals surface area (Å²) in [7, 11) is 0. The molecule has 1 fully saturated rings. The van der Waals surface area contributed by atoms with Gasteiger partial charge in [-0.05, 0) is 49.6 Å². The minimum Gasteiger partial charge on any atom is -0.314 e. The van der Waals surface area contributed by atoms with Gasteiger partial charge in [0.05, 0.1) is 0 Å². The molecule has 1 aromatic heterocycles. The Morgan fingerprint density at radius 3 is 2.74 bits per heavy atom. The highest BCUT2D eigenvalue weighted by Gasteiger charge is 2.37. The molecule has 0 saturated heterocycles. The smallest absolute Gasteiger partial charge is 0.248 e. The number of alkyl halides is 2. The highest BCUT2D eigenvalue weighted by molar-refractivity contribution is 7.09. The van der Waals surface area contributed by atoms with E-state index in [2.05, 4.69) is 29.8 Å². The zero-order chi connectivity index (χ0) is 13.7. The first-order valence-corrected chi connectivity index (χ1v) is 8.12. The standard InChI is InChI=1S/C15H23F2NS/c1-2-18-14(6-5-13-4-3-11-19-13)12-7-9-15(16,17)10-8-12/h3-4,11-12,14,18H,2,5-10H2,1H3. The van der Waals surface area contributed by atoms with E-state index in [0.717, 1.165) is 19.4 Å². The molecular formula is C15H23F2NS. The van der Waals surface area contributed by atoms with Crippen LogP contribution in [0.15, 0.2) is 17.5 Å². The Labute approximate surface area is 118 Å². The molecule has 108 valence electrons. The molecule has 1 N–H and O–H groups in total. The topological polar surface area (TPSA) is 12.0 Å². The van der Waals surface area contributed by atoms with Gasteiger partial charge in [-0.2, -0.15) is 0 Å². The second-order valence-electron chi connectivity index (χ2n) is 5.48. The maximum absolute atomic E-state index is 13.2. The fourth-order valence-electron chi connectivity index (χ4n) is 2.98. The molecule has 0 spiro atoms. The molecule has 0 aromatic carbocycles. The highest BCUT2D eigenvalue weighted by Crippen LogP contribution is 2.38. The van der Waals surface area contributed by atoms with Gasteiger partial charge in [0.25, 0.3) is 0 Å². The third kappa shape index (κ3) is 4.53. The quantitative estimate of drug-likeness (QED) is 0.813. The average molecular weight is 287 g/mol. The van der Waals surface area contributed by atoms with Crippen LogP contribution in [-0.2, 0) is 6.42 Å². The molecule has 1 unspecified atom stereocenters. The number of rotatable bonds is 6. The normalized spacial score (nSPS) is 21.4. The van der Waals surface area contributed by atoms with Gasteiger partial charge < -0.3 is 5.32 Å². The lowest BCUT2D eigenvalue weighted by Gasteiger charge is -2.34. The first-order valence-electron chi connectivity index (χ1n) is 7.24. The van der Waals surface area contributed by atoms with E-state index in [1.54, 1.807) is 11.3 Å². The van der Waals surface area contributed by atoms with Gasteiger partial charge in [0, 0.05) is 23.8 Å². The molecule has 1 nitrogen and oxygen atoms in total. The Hall–Kier alpha value is -0.480. The van der Waals surface area contributed by atoms with E-state index in [1.807, 2.05) is 0 Å². The van der Waals surface area contributed by atoms with E-state index >= 15 is 0 Å². The van der Waals surface area contributed by atoms with E-state index in [0.29, 0.717) is 24.8 Å². The molecule has 1 atom stereocenters.